The molecule has 1 unspecified atom stereocenters. The third-order valence-corrected chi connectivity index (χ3v) is 4.95. The van der Waals surface area contributed by atoms with Crippen LogP contribution in [0, 0.1) is 6.92 Å². The van der Waals surface area contributed by atoms with Crippen LogP contribution in [0.3, 0.4) is 0 Å². The van der Waals surface area contributed by atoms with Crippen LogP contribution >= 0.6 is 23.1 Å². The molecule has 0 aliphatic rings. The molecule has 0 spiro atoms. The zero-order chi connectivity index (χ0) is 15.9. The Morgan fingerprint density at radius 1 is 1.48 bits per heavy atom. The molecule has 1 aromatic rings. The van der Waals surface area contributed by atoms with Crippen LogP contribution in [-0.4, -0.2) is 40.1 Å². The molecule has 7 heteroatoms. The van der Waals surface area contributed by atoms with Gasteiger partial charge in [0.15, 0.2) is 4.34 Å². The Hall–Kier alpha value is -0.660. The van der Waals surface area contributed by atoms with Gasteiger partial charge in [0.2, 0.25) is 0 Å². The van der Waals surface area contributed by atoms with E-state index < -0.39 is 5.54 Å². The van der Waals surface area contributed by atoms with Crippen LogP contribution in [0.15, 0.2) is 4.34 Å². The van der Waals surface area contributed by atoms with Gasteiger partial charge in [-0.1, -0.05) is 23.1 Å². The van der Waals surface area contributed by atoms with E-state index in [0.29, 0.717) is 6.61 Å². The van der Waals surface area contributed by atoms with Crippen molar-refractivity contribution in [3.8, 4) is 0 Å². The molecule has 0 aromatic carbocycles. The van der Waals surface area contributed by atoms with Crippen molar-refractivity contribution in [2.24, 2.45) is 0 Å². The lowest BCUT2D eigenvalue weighted by Crippen LogP contribution is -2.53. The zero-order valence-electron chi connectivity index (χ0n) is 13.4. The largest absolute Gasteiger partial charge is 0.465 e. The van der Waals surface area contributed by atoms with Crippen molar-refractivity contribution >= 4 is 29.1 Å². The summed E-state index contributed by atoms with van der Waals surface area (Å²) in [5.41, 5.74) is -0.623. The molecule has 21 heavy (non-hydrogen) atoms. The van der Waals surface area contributed by atoms with Gasteiger partial charge in [-0.25, -0.2) is 0 Å². The normalized spacial score (nSPS) is 14.2. The SMILES string of the molecule is CCOC(=O)C(C)(CCCSc1nnc(C)s1)NC(C)C. The summed E-state index contributed by atoms with van der Waals surface area (Å²) in [6, 6.07) is 0.234. The lowest BCUT2D eigenvalue weighted by molar-refractivity contribution is -0.151. The van der Waals surface area contributed by atoms with Crippen molar-refractivity contribution in [1.82, 2.24) is 15.5 Å². The molecule has 0 aliphatic heterocycles. The predicted octanol–water partition coefficient (Wildman–Crippen LogP) is 3.04. The smallest absolute Gasteiger partial charge is 0.326 e. The van der Waals surface area contributed by atoms with E-state index in [4.69, 9.17) is 4.74 Å². The van der Waals surface area contributed by atoms with Crippen LogP contribution < -0.4 is 5.32 Å². The lowest BCUT2D eigenvalue weighted by Gasteiger charge is -2.30. The molecule has 0 fully saturated rings. The monoisotopic (exact) mass is 331 g/mol. The van der Waals surface area contributed by atoms with Gasteiger partial charge >= 0.3 is 5.97 Å². The predicted molar refractivity (Wildman–Crippen MR) is 87.9 cm³/mol. The number of carbonyl (C=O) groups is 1. The van der Waals surface area contributed by atoms with E-state index in [1.165, 1.54) is 0 Å². The van der Waals surface area contributed by atoms with E-state index in [1.54, 1.807) is 23.1 Å². The average molecular weight is 332 g/mol. The Kier molecular flexibility index (Phi) is 7.62. The zero-order valence-corrected chi connectivity index (χ0v) is 15.1. The second-order valence-electron chi connectivity index (χ2n) is 5.39. The van der Waals surface area contributed by atoms with Gasteiger partial charge < -0.3 is 4.74 Å². The molecular weight excluding hydrogens is 306 g/mol. The molecule has 1 N–H and O–H groups in total. The fraction of sp³-hybridized carbons (Fsp3) is 0.786. The Bertz CT molecular complexity index is 451. The van der Waals surface area contributed by atoms with E-state index in [-0.39, 0.29) is 12.0 Å². The topological polar surface area (TPSA) is 64.1 Å². The number of aryl methyl sites for hydroxylation is 1. The van der Waals surface area contributed by atoms with Gasteiger partial charge in [0.1, 0.15) is 10.5 Å². The Labute approximate surface area is 135 Å². The van der Waals surface area contributed by atoms with Gasteiger partial charge in [-0.15, -0.1) is 10.2 Å². The van der Waals surface area contributed by atoms with Gasteiger partial charge in [-0.3, -0.25) is 10.1 Å². The first-order valence-corrected chi connectivity index (χ1v) is 9.05. The van der Waals surface area contributed by atoms with Gasteiger partial charge in [-0.05, 0) is 47.5 Å². The number of hydrogen-bond acceptors (Lipinski definition) is 7. The van der Waals surface area contributed by atoms with Crippen molar-refractivity contribution in [2.75, 3.05) is 12.4 Å². The third-order valence-electron chi connectivity index (χ3n) is 2.89. The maximum Gasteiger partial charge on any atom is 0.326 e. The number of hydrogen-bond donors (Lipinski definition) is 1. The number of esters is 1. The van der Waals surface area contributed by atoms with Gasteiger partial charge in [0.05, 0.1) is 6.61 Å². The van der Waals surface area contributed by atoms with Crippen molar-refractivity contribution in [3.63, 3.8) is 0 Å². The maximum atomic E-state index is 12.2. The van der Waals surface area contributed by atoms with Crippen LogP contribution in [-0.2, 0) is 9.53 Å². The quantitative estimate of drug-likeness (QED) is 0.426. The fourth-order valence-electron chi connectivity index (χ4n) is 2.08. The molecule has 1 heterocycles. The number of aromatic nitrogens is 2. The fourth-order valence-corrected chi connectivity index (χ4v) is 3.91. The molecule has 0 radical (unpaired) electrons. The molecule has 1 atom stereocenters. The number of rotatable bonds is 9. The van der Waals surface area contributed by atoms with Crippen molar-refractivity contribution < 1.29 is 9.53 Å². The summed E-state index contributed by atoms with van der Waals surface area (Å²) in [4.78, 5) is 12.2. The first-order valence-electron chi connectivity index (χ1n) is 7.25. The Balaban J connectivity index is 2.47. The van der Waals surface area contributed by atoms with E-state index in [9.17, 15) is 4.79 Å². The summed E-state index contributed by atoms with van der Waals surface area (Å²) in [6.07, 6.45) is 1.66. The minimum atomic E-state index is -0.623. The summed E-state index contributed by atoms with van der Waals surface area (Å²) < 4.78 is 6.19. The molecular formula is C14H25N3O2S2. The summed E-state index contributed by atoms with van der Waals surface area (Å²) in [5.74, 6) is 0.749. The molecule has 1 rings (SSSR count). The van der Waals surface area contributed by atoms with Crippen LogP contribution in [0.5, 0.6) is 0 Å². The third kappa shape index (κ3) is 6.32. The molecule has 0 saturated heterocycles. The highest BCUT2D eigenvalue weighted by Gasteiger charge is 2.34. The minimum absolute atomic E-state index is 0.171. The lowest BCUT2D eigenvalue weighted by atomic mass is 9.95. The Morgan fingerprint density at radius 3 is 2.71 bits per heavy atom. The van der Waals surface area contributed by atoms with Crippen molar-refractivity contribution in [2.45, 2.75) is 63.4 Å². The van der Waals surface area contributed by atoms with Crippen LogP contribution in [0.1, 0.15) is 45.5 Å². The first-order chi connectivity index (χ1) is 9.87. The molecule has 0 bridgehead atoms. The van der Waals surface area contributed by atoms with E-state index in [2.05, 4.69) is 15.5 Å². The van der Waals surface area contributed by atoms with Crippen LogP contribution in [0.2, 0.25) is 0 Å². The van der Waals surface area contributed by atoms with E-state index >= 15 is 0 Å². The summed E-state index contributed by atoms with van der Waals surface area (Å²) in [6.45, 7) is 10.2. The van der Waals surface area contributed by atoms with Crippen LogP contribution in [0.4, 0.5) is 0 Å². The minimum Gasteiger partial charge on any atom is -0.465 e. The number of ether oxygens (including phenoxy) is 1. The highest BCUT2D eigenvalue weighted by Crippen LogP contribution is 2.25. The van der Waals surface area contributed by atoms with Crippen molar-refractivity contribution in [1.29, 1.82) is 0 Å². The molecule has 0 aliphatic carbocycles. The summed E-state index contributed by atoms with van der Waals surface area (Å²) in [5, 5.41) is 12.4. The molecule has 5 nitrogen and oxygen atoms in total. The van der Waals surface area contributed by atoms with Gasteiger partial charge in [0.25, 0.3) is 0 Å². The standard InChI is InChI=1S/C14H25N3O2S2/c1-6-19-12(18)14(5,15-10(2)3)8-7-9-20-13-17-16-11(4)21-13/h10,15H,6-9H2,1-5H3. The summed E-state index contributed by atoms with van der Waals surface area (Å²) in [7, 11) is 0. The number of thioether (sulfide) groups is 1. The van der Waals surface area contributed by atoms with Gasteiger partial charge in [-0.2, -0.15) is 0 Å². The van der Waals surface area contributed by atoms with Crippen LogP contribution in [0.25, 0.3) is 0 Å². The average Bonchev–Trinajstić information content (AvgIpc) is 2.80. The molecule has 120 valence electrons. The summed E-state index contributed by atoms with van der Waals surface area (Å²) >= 11 is 3.30. The van der Waals surface area contributed by atoms with Gasteiger partial charge in [0, 0.05) is 11.8 Å². The number of nitrogens with zero attached hydrogens (tertiary/aromatic N) is 2. The van der Waals surface area contributed by atoms with E-state index in [1.807, 2.05) is 34.6 Å². The number of carbonyl (C=O) groups excluding carboxylic acids is 1. The highest BCUT2D eigenvalue weighted by molar-refractivity contribution is 8.01. The Morgan fingerprint density at radius 2 is 2.19 bits per heavy atom. The second-order valence-corrected chi connectivity index (χ2v) is 7.91. The molecule has 1 aromatic heterocycles. The first kappa shape index (κ1) is 18.4. The molecule has 0 amide bonds. The maximum absolute atomic E-state index is 12.2. The number of nitrogens with one attached hydrogen (secondary N) is 1. The molecule has 0 saturated carbocycles. The van der Waals surface area contributed by atoms with Crippen molar-refractivity contribution in [3.05, 3.63) is 5.01 Å². The van der Waals surface area contributed by atoms with E-state index in [0.717, 1.165) is 27.9 Å². The highest BCUT2D eigenvalue weighted by atomic mass is 32.2. The second kappa shape index (κ2) is 8.70.